The van der Waals surface area contributed by atoms with Gasteiger partial charge in [-0.2, -0.15) is 0 Å². The summed E-state index contributed by atoms with van der Waals surface area (Å²) in [6.45, 7) is 11.4. The Labute approximate surface area is 217 Å². The molecule has 5 nitrogen and oxygen atoms in total. The number of nitrogens with zero attached hydrogens (tertiary/aromatic N) is 3. The van der Waals surface area contributed by atoms with Gasteiger partial charge in [0.25, 0.3) is 0 Å². The minimum absolute atomic E-state index is 0.0828. The molecule has 4 atom stereocenters. The van der Waals surface area contributed by atoms with Gasteiger partial charge >= 0.3 is 0 Å². The van der Waals surface area contributed by atoms with Gasteiger partial charge in [-0.15, -0.1) is 6.58 Å². The molecule has 5 rings (SSSR count). The van der Waals surface area contributed by atoms with Crippen molar-refractivity contribution in [3.63, 3.8) is 0 Å². The van der Waals surface area contributed by atoms with Gasteiger partial charge in [-0.05, 0) is 56.6 Å². The first-order chi connectivity index (χ1) is 17.6. The number of benzene rings is 1. The van der Waals surface area contributed by atoms with E-state index >= 15 is 0 Å². The van der Waals surface area contributed by atoms with Crippen LogP contribution in [0.2, 0.25) is 0 Å². The molecular formula is C31H44N4O. The Bertz CT molecular complexity index is 979. The Balaban J connectivity index is 1.38. The molecular weight excluding hydrogens is 444 g/mol. The fourth-order valence-electron chi connectivity index (χ4n) is 6.81. The molecule has 1 aliphatic carbocycles. The van der Waals surface area contributed by atoms with E-state index in [1.54, 1.807) is 0 Å². The third-order valence-electron chi connectivity index (χ3n) is 8.61. The van der Waals surface area contributed by atoms with Gasteiger partial charge < -0.3 is 0 Å². The first-order valence-corrected chi connectivity index (χ1v) is 14.2. The van der Waals surface area contributed by atoms with Crippen molar-refractivity contribution < 1.29 is 4.79 Å². The summed E-state index contributed by atoms with van der Waals surface area (Å²) in [6.07, 6.45) is 18.3. The Morgan fingerprint density at radius 2 is 1.94 bits per heavy atom. The van der Waals surface area contributed by atoms with Gasteiger partial charge in [0, 0.05) is 44.8 Å². The molecule has 194 valence electrons. The molecule has 3 fully saturated rings. The molecule has 1 N–H and O–H groups in total. The minimum atomic E-state index is -0.0828. The van der Waals surface area contributed by atoms with Gasteiger partial charge in [0.2, 0.25) is 5.91 Å². The maximum atomic E-state index is 13.0. The largest absolute Gasteiger partial charge is 0.298 e. The first-order valence-electron chi connectivity index (χ1n) is 14.2. The molecule has 0 aromatic heterocycles. The summed E-state index contributed by atoms with van der Waals surface area (Å²) < 4.78 is 0. The zero-order valence-corrected chi connectivity index (χ0v) is 22.1. The Hall–Kier alpha value is -2.21. The minimum Gasteiger partial charge on any atom is -0.298 e. The second kappa shape index (κ2) is 11.9. The van der Waals surface area contributed by atoms with Crippen LogP contribution in [0.5, 0.6) is 0 Å². The zero-order valence-electron chi connectivity index (χ0n) is 22.1. The molecule has 1 aromatic rings. The SMILES string of the molecule is C=CCN1CCC2CCCC(C1)N2C(C1=CCC(C(=O)NN2CCCCC2)C=C1)c1cccc(C)c1. The fourth-order valence-corrected chi connectivity index (χ4v) is 6.81. The molecule has 4 unspecified atom stereocenters. The lowest BCUT2D eigenvalue weighted by Crippen LogP contribution is -2.50. The summed E-state index contributed by atoms with van der Waals surface area (Å²) in [4.78, 5) is 18.4. The molecule has 4 aliphatic rings. The van der Waals surface area contributed by atoms with E-state index in [1.807, 2.05) is 0 Å². The predicted octanol–water partition coefficient (Wildman–Crippen LogP) is 5.17. The fraction of sp³-hybridized carbons (Fsp3) is 0.581. The van der Waals surface area contributed by atoms with Gasteiger partial charge in [-0.3, -0.25) is 20.0 Å². The summed E-state index contributed by atoms with van der Waals surface area (Å²) in [7, 11) is 0. The van der Waals surface area contributed by atoms with Crippen molar-refractivity contribution >= 4 is 5.91 Å². The molecule has 0 radical (unpaired) electrons. The third kappa shape index (κ3) is 5.85. The molecule has 0 spiro atoms. The number of hydrazine groups is 1. The lowest BCUT2D eigenvalue weighted by Gasteiger charge is -2.46. The normalized spacial score (nSPS) is 28.7. The van der Waals surface area contributed by atoms with Crippen LogP contribution in [0.4, 0.5) is 0 Å². The van der Waals surface area contributed by atoms with Crippen LogP contribution in [0.1, 0.15) is 68.5 Å². The Morgan fingerprint density at radius 3 is 2.69 bits per heavy atom. The molecule has 36 heavy (non-hydrogen) atoms. The van der Waals surface area contributed by atoms with Crippen molar-refractivity contribution in [1.29, 1.82) is 0 Å². The monoisotopic (exact) mass is 488 g/mol. The number of hydrogen-bond acceptors (Lipinski definition) is 4. The smallest absolute Gasteiger partial charge is 0.241 e. The molecule has 3 heterocycles. The van der Waals surface area contributed by atoms with E-state index in [0.29, 0.717) is 12.1 Å². The van der Waals surface area contributed by atoms with E-state index in [-0.39, 0.29) is 17.9 Å². The lowest BCUT2D eigenvalue weighted by molar-refractivity contribution is -0.128. The number of fused-ring (bicyclic) bond motifs is 2. The van der Waals surface area contributed by atoms with Crippen LogP contribution in [0.25, 0.3) is 0 Å². The van der Waals surface area contributed by atoms with Crippen molar-refractivity contribution in [3.05, 3.63) is 71.8 Å². The van der Waals surface area contributed by atoms with E-state index in [0.717, 1.165) is 39.1 Å². The summed E-state index contributed by atoms with van der Waals surface area (Å²) in [5, 5.41) is 2.11. The number of carbonyl (C=O) groups is 1. The number of amides is 1. The first kappa shape index (κ1) is 25.4. The second-order valence-corrected chi connectivity index (χ2v) is 11.3. The van der Waals surface area contributed by atoms with Crippen LogP contribution in [0, 0.1) is 12.8 Å². The third-order valence-corrected chi connectivity index (χ3v) is 8.61. The number of aryl methyl sites for hydroxylation is 1. The highest BCUT2D eigenvalue weighted by molar-refractivity contribution is 5.80. The number of nitrogens with one attached hydrogen (secondary N) is 1. The highest BCUT2D eigenvalue weighted by Crippen LogP contribution is 2.41. The Kier molecular flexibility index (Phi) is 8.40. The number of piperidine rings is 2. The van der Waals surface area contributed by atoms with Crippen LogP contribution < -0.4 is 5.43 Å². The van der Waals surface area contributed by atoms with E-state index in [1.165, 1.54) is 61.6 Å². The van der Waals surface area contributed by atoms with Gasteiger partial charge in [-0.1, -0.05) is 67.0 Å². The predicted molar refractivity (Wildman–Crippen MR) is 147 cm³/mol. The van der Waals surface area contributed by atoms with Crippen molar-refractivity contribution in [1.82, 2.24) is 20.2 Å². The molecule has 3 saturated heterocycles. The summed E-state index contributed by atoms with van der Waals surface area (Å²) in [5.74, 6) is 0.0582. The van der Waals surface area contributed by atoms with Crippen molar-refractivity contribution in [2.24, 2.45) is 5.92 Å². The van der Waals surface area contributed by atoms with Crippen molar-refractivity contribution in [2.75, 3.05) is 32.7 Å². The van der Waals surface area contributed by atoms with Crippen LogP contribution in [-0.2, 0) is 4.79 Å². The second-order valence-electron chi connectivity index (χ2n) is 11.3. The van der Waals surface area contributed by atoms with Gasteiger partial charge in [0.15, 0.2) is 0 Å². The van der Waals surface area contributed by atoms with Gasteiger partial charge in [0.05, 0.1) is 12.0 Å². The highest BCUT2D eigenvalue weighted by Gasteiger charge is 2.40. The molecule has 1 aromatic carbocycles. The van der Waals surface area contributed by atoms with Gasteiger partial charge in [-0.25, -0.2) is 5.01 Å². The summed E-state index contributed by atoms with van der Waals surface area (Å²) in [6, 6.07) is 10.5. The van der Waals surface area contributed by atoms with Crippen LogP contribution >= 0.6 is 0 Å². The summed E-state index contributed by atoms with van der Waals surface area (Å²) in [5.41, 5.74) is 7.24. The standard InChI is InChI=1S/C31H44N4O/c1-3-18-33-21-17-28-11-8-12-29(23-33)35(28)30(27-10-7-9-24(2)22-27)25-13-15-26(16-14-25)31(36)32-34-19-5-4-6-20-34/h3,7,9-10,13-15,22,26,28-30H,1,4-6,8,11-12,16-21,23H2,2H3,(H,32,36). The van der Waals surface area contributed by atoms with Crippen molar-refractivity contribution in [2.45, 2.75) is 76.4 Å². The van der Waals surface area contributed by atoms with Crippen molar-refractivity contribution in [3.8, 4) is 0 Å². The molecule has 1 amide bonds. The van der Waals surface area contributed by atoms with E-state index in [9.17, 15) is 4.79 Å². The molecule has 3 aliphatic heterocycles. The van der Waals surface area contributed by atoms with Crippen LogP contribution in [0.15, 0.2) is 60.7 Å². The average molecular weight is 489 g/mol. The van der Waals surface area contributed by atoms with E-state index in [4.69, 9.17) is 0 Å². The maximum Gasteiger partial charge on any atom is 0.241 e. The maximum absolute atomic E-state index is 13.0. The topological polar surface area (TPSA) is 38.8 Å². The average Bonchev–Trinajstić information content (AvgIpc) is 2.98. The molecule has 2 bridgehead atoms. The summed E-state index contributed by atoms with van der Waals surface area (Å²) >= 11 is 0. The van der Waals surface area contributed by atoms with Crippen LogP contribution in [0.3, 0.4) is 0 Å². The lowest BCUT2D eigenvalue weighted by atomic mass is 9.84. The number of allylic oxidation sites excluding steroid dienone is 1. The van der Waals surface area contributed by atoms with Gasteiger partial charge in [0.1, 0.15) is 0 Å². The molecule has 5 heteroatoms. The Morgan fingerprint density at radius 1 is 1.11 bits per heavy atom. The number of carbonyl (C=O) groups excluding carboxylic acids is 1. The quantitative estimate of drug-likeness (QED) is 0.538. The van der Waals surface area contributed by atoms with E-state index < -0.39 is 0 Å². The number of hydrogen-bond donors (Lipinski definition) is 1. The molecule has 0 saturated carbocycles. The van der Waals surface area contributed by atoms with E-state index in [2.05, 4.69) is 82.3 Å². The highest BCUT2D eigenvalue weighted by atomic mass is 16.2. The number of rotatable bonds is 7. The zero-order chi connectivity index (χ0) is 24.9. The van der Waals surface area contributed by atoms with Crippen LogP contribution in [-0.4, -0.2) is 65.5 Å².